The zero-order chi connectivity index (χ0) is 23.6. The van der Waals surface area contributed by atoms with Crippen LogP contribution in [-0.4, -0.2) is 23.3 Å². The van der Waals surface area contributed by atoms with Gasteiger partial charge in [0.1, 0.15) is 0 Å². The highest BCUT2D eigenvalue weighted by Gasteiger charge is 2.12. The number of benzene rings is 4. The summed E-state index contributed by atoms with van der Waals surface area (Å²) < 4.78 is 0. The summed E-state index contributed by atoms with van der Waals surface area (Å²) >= 11 is 3.30. The molecule has 2 amide bonds. The standard InChI is InChI=1S/C28H26N2O2S2/c31-27(15-17-33-23-11-3-1-4-12-23)29-25-19-21-9-7-8-10-22(21)20-26(25)30-28(32)16-18-34-24-13-5-2-6-14-24/h1-14,19-20H,15-18H2,(H,29,31)(H,30,32). The van der Waals surface area contributed by atoms with E-state index < -0.39 is 0 Å². The second-order valence-corrected chi connectivity index (χ2v) is 10.0. The Labute approximate surface area is 208 Å². The van der Waals surface area contributed by atoms with Crippen LogP contribution in [0.15, 0.2) is 107 Å². The van der Waals surface area contributed by atoms with Crippen LogP contribution in [-0.2, 0) is 9.59 Å². The number of fused-ring (bicyclic) bond motifs is 1. The van der Waals surface area contributed by atoms with E-state index in [1.165, 1.54) is 0 Å². The predicted octanol–water partition coefficient (Wildman–Crippen LogP) is 7.08. The van der Waals surface area contributed by atoms with Crippen molar-refractivity contribution < 1.29 is 9.59 Å². The molecule has 0 bridgehead atoms. The minimum atomic E-state index is -0.0751. The molecule has 0 aliphatic carbocycles. The summed E-state index contributed by atoms with van der Waals surface area (Å²) in [6.07, 6.45) is 0.765. The van der Waals surface area contributed by atoms with Crippen LogP contribution < -0.4 is 10.6 Å². The fourth-order valence-electron chi connectivity index (χ4n) is 3.43. The van der Waals surface area contributed by atoms with Crippen molar-refractivity contribution in [2.45, 2.75) is 22.6 Å². The van der Waals surface area contributed by atoms with Gasteiger partial charge in [0.2, 0.25) is 11.8 Å². The topological polar surface area (TPSA) is 58.2 Å². The van der Waals surface area contributed by atoms with Crippen LogP contribution in [0.4, 0.5) is 11.4 Å². The van der Waals surface area contributed by atoms with Crippen molar-refractivity contribution in [2.75, 3.05) is 22.1 Å². The maximum absolute atomic E-state index is 12.7. The molecule has 0 aromatic heterocycles. The van der Waals surface area contributed by atoms with E-state index in [-0.39, 0.29) is 11.8 Å². The minimum absolute atomic E-state index is 0.0751. The van der Waals surface area contributed by atoms with Gasteiger partial charge in [-0.15, -0.1) is 23.5 Å². The van der Waals surface area contributed by atoms with Crippen molar-refractivity contribution in [2.24, 2.45) is 0 Å². The molecule has 0 atom stereocenters. The molecule has 4 aromatic rings. The number of rotatable bonds is 10. The first-order valence-electron chi connectivity index (χ1n) is 11.2. The third-order valence-electron chi connectivity index (χ3n) is 5.12. The molecule has 0 saturated heterocycles. The molecule has 0 saturated carbocycles. The van der Waals surface area contributed by atoms with E-state index in [9.17, 15) is 9.59 Å². The van der Waals surface area contributed by atoms with E-state index in [0.717, 1.165) is 20.6 Å². The van der Waals surface area contributed by atoms with Crippen LogP contribution in [0.5, 0.6) is 0 Å². The van der Waals surface area contributed by atoms with E-state index in [2.05, 4.69) is 10.6 Å². The van der Waals surface area contributed by atoms with Gasteiger partial charge in [0.15, 0.2) is 0 Å². The van der Waals surface area contributed by atoms with Gasteiger partial charge < -0.3 is 10.6 Å². The van der Waals surface area contributed by atoms with E-state index >= 15 is 0 Å². The third kappa shape index (κ3) is 7.14. The van der Waals surface area contributed by atoms with Gasteiger partial charge >= 0.3 is 0 Å². The van der Waals surface area contributed by atoms with Crippen molar-refractivity contribution in [1.29, 1.82) is 0 Å². The van der Waals surface area contributed by atoms with Crippen LogP contribution in [0.1, 0.15) is 12.8 Å². The molecule has 34 heavy (non-hydrogen) atoms. The average Bonchev–Trinajstić information content (AvgIpc) is 2.86. The maximum atomic E-state index is 12.7. The lowest BCUT2D eigenvalue weighted by Crippen LogP contribution is -2.17. The highest BCUT2D eigenvalue weighted by molar-refractivity contribution is 7.99. The van der Waals surface area contributed by atoms with Gasteiger partial charge in [-0.1, -0.05) is 60.7 Å². The Morgan fingerprint density at radius 2 is 0.941 bits per heavy atom. The zero-order valence-corrected chi connectivity index (χ0v) is 20.3. The Kier molecular flexibility index (Phi) is 8.65. The fourth-order valence-corrected chi connectivity index (χ4v) is 5.17. The van der Waals surface area contributed by atoms with Crippen molar-refractivity contribution >= 4 is 57.5 Å². The SMILES string of the molecule is O=C(CCSc1ccccc1)Nc1cc2ccccc2cc1NC(=O)CCSc1ccccc1. The highest BCUT2D eigenvalue weighted by atomic mass is 32.2. The first-order valence-corrected chi connectivity index (χ1v) is 13.1. The van der Waals surface area contributed by atoms with E-state index in [4.69, 9.17) is 0 Å². The van der Waals surface area contributed by atoms with Gasteiger partial charge in [-0.25, -0.2) is 0 Å². The molecule has 2 N–H and O–H groups in total. The lowest BCUT2D eigenvalue weighted by molar-refractivity contribution is -0.116. The first-order chi connectivity index (χ1) is 16.7. The number of carbonyl (C=O) groups is 2. The molecule has 0 spiro atoms. The molecule has 6 heteroatoms. The molecule has 4 aromatic carbocycles. The molecule has 0 fully saturated rings. The van der Waals surface area contributed by atoms with Crippen LogP contribution in [0.2, 0.25) is 0 Å². The van der Waals surface area contributed by atoms with Crippen molar-refractivity contribution in [3.63, 3.8) is 0 Å². The molecule has 0 radical (unpaired) electrons. The zero-order valence-electron chi connectivity index (χ0n) is 18.7. The van der Waals surface area contributed by atoms with Crippen molar-refractivity contribution in [3.8, 4) is 0 Å². The van der Waals surface area contributed by atoms with Crippen LogP contribution in [0.3, 0.4) is 0 Å². The van der Waals surface area contributed by atoms with Gasteiger partial charge in [0, 0.05) is 34.1 Å². The predicted molar refractivity (Wildman–Crippen MR) is 145 cm³/mol. The normalized spacial score (nSPS) is 10.7. The molecular weight excluding hydrogens is 460 g/mol. The number of thioether (sulfide) groups is 2. The van der Waals surface area contributed by atoms with Gasteiger partial charge in [-0.2, -0.15) is 0 Å². The number of hydrogen-bond donors (Lipinski definition) is 2. The molecule has 0 unspecified atom stereocenters. The Morgan fingerprint density at radius 1 is 0.559 bits per heavy atom. The lowest BCUT2D eigenvalue weighted by Gasteiger charge is -2.14. The van der Waals surface area contributed by atoms with E-state index in [1.54, 1.807) is 23.5 Å². The van der Waals surface area contributed by atoms with Crippen LogP contribution >= 0.6 is 23.5 Å². The van der Waals surface area contributed by atoms with E-state index in [0.29, 0.717) is 35.7 Å². The number of amides is 2. The average molecular weight is 487 g/mol. The van der Waals surface area contributed by atoms with Crippen LogP contribution in [0.25, 0.3) is 10.8 Å². The summed E-state index contributed by atoms with van der Waals surface area (Å²) in [6, 6.07) is 31.8. The molecule has 0 aliphatic rings. The molecule has 4 nitrogen and oxygen atoms in total. The lowest BCUT2D eigenvalue weighted by atomic mass is 10.1. The van der Waals surface area contributed by atoms with Gasteiger partial charge in [-0.05, 0) is 47.2 Å². The smallest absolute Gasteiger partial charge is 0.225 e. The van der Waals surface area contributed by atoms with Crippen LogP contribution in [0, 0.1) is 0 Å². The molecule has 172 valence electrons. The number of hydrogen-bond acceptors (Lipinski definition) is 4. The molecule has 0 aliphatic heterocycles. The first kappa shape index (κ1) is 23.9. The third-order valence-corrected chi connectivity index (χ3v) is 7.14. The summed E-state index contributed by atoms with van der Waals surface area (Å²) in [5, 5.41) is 8.02. The largest absolute Gasteiger partial charge is 0.324 e. The summed E-state index contributed by atoms with van der Waals surface area (Å²) in [5.74, 6) is 1.21. The highest BCUT2D eigenvalue weighted by Crippen LogP contribution is 2.29. The monoisotopic (exact) mass is 486 g/mol. The van der Waals surface area contributed by atoms with Gasteiger partial charge in [0.05, 0.1) is 11.4 Å². The Morgan fingerprint density at radius 3 is 1.35 bits per heavy atom. The summed E-state index contributed by atoms with van der Waals surface area (Å²) in [4.78, 5) is 27.6. The second-order valence-electron chi connectivity index (χ2n) is 7.66. The summed E-state index contributed by atoms with van der Waals surface area (Å²) in [7, 11) is 0. The van der Waals surface area contributed by atoms with Crippen molar-refractivity contribution in [1.82, 2.24) is 0 Å². The minimum Gasteiger partial charge on any atom is -0.324 e. The van der Waals surface area contributed by atoms with Crippen molar-refractivity contribution in [3.05, 3.63) is 97.1 Å². The van der Waals surface area contributed by atoms with Gasteiger partial charge in [0.25, 0.3) is 0 Å². The Bertz CT molecular complexity index is 1150. The van der Waals surface area contributed by atoms with E-state index in [1.807, 2.05) is 97.1 Å². The molecule has 0 heterocycles. The van der Waals surface area contributed by atoms with Gasteiger partial charge in [-0.3, -0.25) is 9.59 Å². The Hall–Kier alpha value is -3.22. The number of carbonyl (C=O) groups excluding carboxylic acids is 2. The number of nitrogens with one attached hydrogen (secondary N) is 2. The summed E-state index contributed by atoms with van der Waals surface area (Å²) in [6.45, 7) is 0. The Balaban J connectivity index is 1.38. The molecular formula is C28H26N2O2S2. The molecule has 4 rings (SSSR count). The quantitative estimate of drug-likeness (QED) is 0.235. The maximum Gasteiger partial charge on any atom is 0.225 e. The summed E-state index contributed by atoms with van der Waals surface area (Å²) in [5.41, 5.74) is 1.25. The second kappa shape index (κ2) is 12.3. The fraction of sp³-hybridized carbons (Fsp3) is 0.143. The number of anilines is 2.